The van der Waals surface area contributed by atoms with Gasteiger partial charge in [0.25, 0.3) is 11.8 Å². The van der Waals surface area contributed by atoms with Crippen molar-refractivity contribution in [2.45, 2.75) is 25.3 Å². The summed E-state index contributed by atoms with van der Waals surface area (Å²) < 4.78 is 21.0. The minimum absolute atomic E-state index is 0.0330. The lowest BCUT2D eigenvalue weighted by Crippen LogP contribution is -2.25. The van der Waals surface area contributed by atoms with Crippen LogP contribution in [0.25, 0.3) is 17.1 Å². The Labute approximate surface area is 168 Å². The molecule has 3 heterocycles. The van der Waals surface area contributed by atoms with Crippen molar-refractivity contribution in [3.05, 3.63) is 64.6 Å². The van der Waals surface area contributed by atoms with Gasteiger partial charge in [-0.25, -0.2) is 4.39 Å². The first-order valence-electron chi connectivity index (χ1n) is 9.00. The molecule has 1 amide bonds. The van der Waals surface area contributed by atoms with Gasteiger partial charge >= 0.3 is 0 Å². The summed E-state index contributed by atoms with van der Waals surface area (Å²) in [4.78, 5) is 16.8. The summed E-state index contributed by atoms with van der Waals surface area (Å²) in [5.41, 5.74) is 0.961. The minimum atomic E-state index is -0.689. The zero-order valence-electron chi connectivity index (χ0n) is 15.0. The van der Waals surface area contributed by atoms with Gasteiger partial charge in [-0.3, -0.25) is 9.20 Å². The predicted octanol–water partition coefficient (Wildman–Crippen LogP) is 3.38. The fourth-order valence-corrected chi connectivity index (χ4v) is 3.31. The Hall–Kier alpha value is -3.33. The van der Waals surface area contributed by atoms with Crippen molar-refractivity contribution < 1.29 is 13.7 Å². The zero-order chi connectivity index (χ0) is 20.0. The topological polar surface area (TPSA) is 98.2 Å². The lowest BCUT2D eigenvalue weighted by molar-refractivity contribution is 0.0946. The quantitative estimate of drug-likeness (QED) is 0.539. The largest absolute Gasteiger partial charge is 0.345 e. The van der Waals surface area contributed by atoms with Gasteiger partial charge in [-0.1, -0.05) is 22.8 Å². The van der Waals surface area contributed by atoms with Gasteiger partial charge in [0, 0.05) is 12.1 Å². The van der Waals surface area contributed by atoms with E-state index in [-0.39, 0.29) is 17.1 Å². The summed E-state index contributed by atoms with van der Waals surface area (Å²) in [6.45, 7) is 0.0330. The van der Waals surface area contributed by atoms with E-state index in [4.69, 9.17) is 16.1 Å². The van der Waals surface area contributed by atoms with Crippen molar-refractivity contribution in [2.24, 2.45) is 0 Å². The molecule has 29 heavy (non-hydrogen) atoms. The molecule has 10 heteroatoms. The Bertz CT molecular complexity index is 1210. The fraction of sp³-hybridized carbons (Fsp3) is 0.211. The van der Waals surface area contributed by atoms with Crippen LogP contribution >= 0.6 is 11.6 Å². The average Bonchev–Trinajstić information content (AvgIpc) is 3.30. The standard InChI is InChI=1S/C19H14ClFN6O2/c20-12-4-1-5-13(21)15(12)18(28)22-9-14-24-25-17-11(3-2-8-27(14)17)19-23-16(26-29-19)10-6-7-10/h1-5,8,10H,6-7,9H2,(H,22,28). The molecular formula is C19H14ClFN6O2. The van der Waals surface area contributed by atoms with Crippen LogP contribution in [0.3, 0.4) is 0 Å². The van der Waals surface area contributed by atoms with Crippen LogP contribution < -0.4 is 5.32 Å². The molecule has 146 valence electrons. The van der Waals surface area contributed by atoms with E-state index in [1.165, 1.54) is 18.2 Å². The van der Waals surface area contributed by atoms with E-state index >= 15 is 0 Å². The summed E-state index contributed by atoms with van der Waals surface area (Å²) >= 11 is 5.94. The SMILES string of the molecule is O=C(NCc1nnc2c(-c3nc(C4CC4)no3)cccn12)c1c(F)cccc1Cl. The number of nitrogens with zero attached hydrogens (tertiary/aromatic N) is 5. The highest BCUT2D eigenvalue weighted by atomic mass is 35.5. The Morgan fingerprint density at radius 2 is 2.14 bits per heavy atom. The van der Waals surface area contributed by atoms with Crippen LogP contribution in [0.2, 0.25) is 5.02 Å². The Balaban J connectivity index is 1.41. The third-order valence-corrected chi connectivity index (χ3v) is 5.03. The second-order valence-electron chi connectivity index (χ2n) is 6.74. The zero-order valence-corrected chi connectivity index (χ0v) is 15.7. The smallest absolute Gasteiger partial charge is 0.261 e. The number of hydrogen-bond acceptors (Lipinski definition) is 6. The molecule has 1 N–H and O–H groups in total. The number of carbonyl (C=O) groups excluding carboxylic acids is 1. The van der Waals surface area contributed by atoms with E-state index in [0.29, 0.717) is 34.7 Å². The van der Waals surface area contributed by atoms with E-state index in [2.05, 4.69) is 25.7 Å². The molecule has 8 nitrogen and oxygen atoms in total. The Kier molecular flexibility index (Phi) is 4.24. The molecule has 0 spiro atoms. The lowest BCUT2D eigenvalue weighted by atomic mass is 10.2. The van der Waals surface area contributed by atoms with Crippen LogP contribution in [-0.2, 0) is 6.54 Å². The van der Waals surface area contributed by atoms with Crippen LogP contribution in [0.1, 0.15) is 40.8 Å². The molecule has 1 saturated carbocycles. The second-order valence-corrected chi connectivity index (χ2v) is 7.15. The van der Waals surface area contributed by atoms with Crippen molar-refractivity contribution in [1.82, 2.24) is 30.1 Å². The van der Waals surface area contributed by atoms with Gasteiger partial charge in [0.1, 0.15) is 5.82 Å². The van der Waals surface area contributed by atoms with E-state index in [1.54, 1.807) is 16.7 Å². The van der Waals surface area contributed by atoms with Crippen LogP contribution in [0.15, 0.2) is 41.1 Å². The van der Waals surface area contributed by atoms with Gasteiger partial charge in [0.2, 0.25) is 0 Å². The summed E-state index contributed by atoms with van der Waals surface area (Å²) in [6.07, 6.45) is 3.91. The van der Waals surface area contributed by atoms with Gasteiger partial charge in [-0.05, 0) is 37.1 Å². The van der Waals surface area contributed by atoms with Crippen molar-refractivity contribution in [3.63, 3.8) is 0 Å². The maximum Gasteiger partial charge on any atom is 0.261 e. The third kappa shape index (κ3) is 3.23. The molecule has 1 fully saturated rings. The van der Waals surface area contributed by atoms with E-state index in [9.17, 15) is 9.18 Å². The fourth-order valence-electron chi connectivity index (χ4n) is 3.07. The van der Waals surface area contributed by atoms with Gasteiger partial charge < -0.3 is 9.84 Å². The van der Waals surface area contributed by atoms with Crippen molar-refractivity contribution in [1.29, 1.82) is 0 Å². The summed E-state index contributed by atoms with van der Waals surface area (Å²) in [6, 6.07) is 7.69. The van der Waals surface area contributed by atoms with Crippen LogP contribution in [-0.4, -0.2) is 30.6 Å². The minimum Gasteiger partial charge on any atom is -0.345 e. The van der Waals surface area contributed by atoms with Gasteiger partial charge in [0.05, 0.1) is 22.7 Å². The number of rotatable bonds is 5. The maximum absolute atomic E-state index is 13.9. The molecule has 0 unspecified atom stereocenters. The number of benzene rings is 1. The van der Waals surface area contributed by atoms with E-state index in [0.717, 1.165) is 12.8 Å². The highest BCUT2D eigenvalue weighted by molar-refractivity contribution is 6.33. The van der Waals surface area contributed by atoms with Crippen LogP contribution in [0.5, 0.6) is 0 Å². The number of carbonyl (C=O) groups is 1. The second kappa shape index (κ2) is 6.93. The monoisotopic (exact) mass is 412 g/mol. The summed E-state index contributed by atoms with van der Waals surface area (Å²) in [5.74, 6) is 0.596. The van der Waals surface area contributed by atoms with E-state index < -0.39 is 11.7 Å². The van der Waals surface area contributed by atoms with Gasteiger partial charge in [-0.15, -0.1) is 10.2 Å². The number of halogens is 2. The average molecular weight is 413 g/mol. The number of amides is 1. The highest BCUT2D eigenvalue weighted by Gasteiger charge is 2.29. The normalized spacial score (nSPS) is 13.7. The van der Waals surface area contributed by atoms with E-state index in [1.807, 2.05) is 6.07 Å². The molecule has 1 aromatic carbocycles. The lowest BCUT2D eigenvalue weighted by Gasteiger charge is -2.07. The summed E-state index contributed by atoms with van der Waals surface area (Å²) in [5, 5.41) is 15.0. The molecule has 0 bridgehead atoms. The predicted molar refractivity (Wildman–Crippen MR) is 101 cm³/mol. The molecular weight excluding hydrogens is 399 g/mol. The number of fused-ring (bicyclic) bond motifs is 1. The number of aromatic nitrogens is 5. The van der Waals surface area contributed by atoms with Crippen LogP contribution in [0.4, 0.5) is 4.39 Å². The highest BCUT2D eigenvalue weighted by Crippen LogP contribution is 2.39. The molecule has 0 saturated heterocycles. The third-order valence-electron chi connectivity index (χ3n) is 4.72. The molecule has 1 aliphatic carbocycles. The molecule has 0 atom stereocenters. The maximum atomic E-state index is 13.9. The Morgan fingerprint density at radius 3 is 2.93 bits per heavy atom. The number of pyridine rings is 1. The first-order chi connectivity index (χ1) is 14.1. The molecule has 5 rings (SSSR count). The van der Waals surface area contributed by atoms with Crippen LogP contribution in [0, 0.1) is 5.82 Å². The van der Waals surface area contributed by atoms with Crippen molar-refractivity contribution in [2.75, 3.05) is 0 Å². The number of nitrogens with one attached hydrogen (secondary N) is 1. The molecule has 3 aromatic heterocycles. The molecule has 1 aliphatic rings. The van der Waals surface area contributed by atoms with Crippen molar-refractivity contribution in [3.8, 4) is 11.5 Å². The first kappa shape index (κ1) is 17.7. The number of hydrogen-bond donors (Lipinski definition) is 1. The summed E-state index contributed by atoms with van der Waals surface area (Å²) in [7, 11) is 0. The van der Waals surface area contributed by atoms with Gasteiger partial charge in [-0.2, -0.15) is 4.98 Å². The van der Waals surface area contributed by atoms with Gasteiger partial charge in [0.15, 0.2) is 17.3 Å². The Morgan fingerprint density at radius 1 is 1.28 bits per heavy atom. The first-order valence-corrected chi connectivity index (χ1v) is 9.38. The molecule has 4 aromatic rings. The molecule has 0 radical (unpaired) electrons. The molecule has 0 aliphatic heterocycles. The van der Waals surface area contributed by atoms with Crippen molar-refractivity contribution >= 4 is 23.2 Å².